The Hall–Kier alpha value is -3.09. The highest BCUT2D eigenvalue weighted by Gasteiger charge is 2.22. The van der Waals surface area contributed by atoms with Crippen molar-refractivity contribution < 1.29 is 18.7 Å². The van der Waals surface area contributed by atoms with Crippen LogP contribution < -0.4 is 20.3 Å². The van der Waals surface area contributed by atoms with E-state index in [0.29, 0.717) is 24.5 Å². The molecule has 0 bridgehead atoms. The zero-order chi connectivity index (χ0) is 22.1. The van der Waals surface area contributed by atoms with Crippen molar-refractivity contribution in [3.05, 3.63) is 54.3 Å². The van der Waals surface area contributed by atoms with Crippen molar-refractivity contribution >= 4 is 23.3 Å². The van der Waals surface area contributed by atoms with Crippen molar-refractivity contribution in [3.8, 4) is 5.75 Å². The summed E-state index contributed by atoms with van der Waals surface area (Å²) in [5.41, 5.74) is 1.17. The zero-order valence-corrected chi connectivity index (χ0v) is 17.9. The fourth-order valence-corrected chi connectivity index (χ4v) is 3.76. The maximum absolute atomic E-state index is 13.4. The minimum Gasteiger partial charge on any atom is -0.494 e. The maximum Gasteiger partial charge on any atom is 0.326 e. The molecular weight excluding hydrogens is 397 g/mol. The Morgan fingerprint density at radius 1 is 1.03 bits per heavy atom. The first-order valence-electron chi connectivity index (χ1n) is 10.9. The van der Waals surface area contributed by atoms with Gasteiger partial charge in [-0.1, -0.05) is 19.3 Å². The highest BCUT2D eigenvalue weighted by Crippen LogP contribution is 2.23. The molecule has 0 aromatic heterocycles. The minimum atomic E-state index is -0.374. The molecule has 1 aliphatic rings. The summed E-state index contributed by atoms with van der Waals surface area (Å²) < 4.78 is 18.8. The molecule has 1 aliphatic carbocycles. The predicted molar refractivity (Wildman–Crippen MR) is 120 cm³/mol. The molecule has 2 aromatic carbocycles. The summed E-state index contributed by atoms with van der Waals surface area (Å²) in [6, 6.07) is 12.5. The van der Waals surface area contributed by atoms with E-state index in [-0.39, 0.29) is 30.2 Å². The van der Waals surface area contributed by atoms with E-state index in [1.807, 2.05) is 6.92 Å². The van der Waals surface area contributed by atoms with Crippen molar-refractivity contribution in [1.29, 1.82) is 0 Å². The van der Waals surface area contributed by atoms with Crippen LogP contribution in [0.2, 0.25) is 0 Å². The second kappa shape index (κ2) is 11.3. The summed E-state index contributed by atoms with van der Waals surface area (Å²) in [7, 11) is 0. The number of anilines is 2. The van der Waals surface area contributed by atoms with Gasteiger partial charge in [0.05, 0.1) is 6.61 Å². The van der Waals surface area contributed by atoms with Crippen LogP contribution in [0.1, 0.15) is 39.0 Å². The Bertz CT molecular complexity index is 849. The maximum atomic E-state index is 13.4. The van der Waals surface area contributed by atoms with Crippen LogP contribution in [0.15, 0.2) is 48.5 Å². The Morgan fingerprint density at radius 3 is 2.35 bits per heavy atom. The Labute approximate surface area is 182 Å². The van der Waals surface area contributed by atoms with Gasteiger partial charge in [-0.3, -0.25) is 9.69 Å². The zero-order valence-electron chi connectivity index (χ0n) is 17.9. The largest absolute Gasteiger partial charge is 0.494 e. The SMILES string of the molecule is CCOc1ccc(NC(=O)N(CCNC(=O)C2CCCCC2)c2ccc(F)cc2)cc1. The topological polar surface area (TPSA) is 70.7 Å². The molecule has 1 fully saturated rings. The third kappa shape index (κ3) is 6.70. The third-order valence-electron chi connectivity index (χ3n) is 5.41. The summed E-state index contributed by atoms with van der Waals surface area (Å²) in [6.45, 7) is 3.07. The average molecular weight is 428 g/mol. The summed E-state index contributed by atoms with van der Waals surface area (Å²) in [5, 5.41) is 5.80. The summed E-state index contributed by atoms with van der Waals surface area (Å²) in [6.07, 6.45) is 5.21. The number of nitrogens with one attached hydrogen (secondary N) is 2. The Morgan fingerprint density at radius 2 is 1.71 bits per heavy atom. The normalized spacial score (nSPS) is 14.0. The van der Waals surface area contributed by atoms with Crippen LogP contribution in [0.5, 0.6) is 5.75 Å². The number of halogens is 1. The standard InChI is InChI=1S/C24H30FN3O3/c1-2-31-22-14-10-20(11-15-22)27-24(30)28(21-12-8-19(25)9-13-21)17-16-26-23(29)18-6-4-3-5-7-18/h8-15,18H,2-7,16-17H2,1H3,(H,26,29)(H,27,30). The molecule has 1 saturated carbocycles. The second-order valence-electron chi connectivity index (χ2n) is 7.64. The molecule has 0 atom stereocenters. The molecule has 0 heterocycles. The van der Waals surface area contributed by atoms with Gasteiger partial charge in [0.2, 0.25) is 5.91 Å². The fraction of sp³-hybridized carbons (Fsp3) is 0.417. The van der Waals surface area contributed by atoms with E-state index in [0.717, 1.165) is 31.4 Å². The molecule has 31 heavy (non-hydrogen) atoms. The molecule has 2 aromatic rings. The summed E-state index contributed by atoms with van der Waals surface area (Å²) in [4.78, 5) is 26.9. The van der Waals surface area contributed by atoms with Crippen LogP contribution in [0.3, 0.4) is 0 Å². The second-order valence-corrected chi connectivity index (χ2v) is 7.64. The summed E-state index contributed by atoms with van der Waals surface area (Å²) in [5.74, 6) is 0.457. The lowest BCUT2D eigenvalue weighted by Gasteiger charge is -2.25. The lowest BCUT2D eigenvalue weighted by molar-refractivity contribution is -0.125. The van der Waals surface area contributed by atoms with Crippen molar-refractivity contribution in [2.75, 3.05) is 29.9 Å². The monoisotopic (exact) mass is 427 g/mol. The van der Waals surface area contributed by atoms with Crippen molar-refractivity contribution in [2.45, 2.75) is 39.0 Å². The van der Waals surface area contributed by atoms with E-state index in [4.69, 9.17) is 4.74 Å². The van der Waals surface area contributed by atoms with Crippen molar-refractivity contribution in [3.63, 3.8) is 0 Å². The van der Waals surface area contributed by atoms with Gasteiger partial charge in [-0.2, -0.15) is 0 Å². The number of amides is 3. The van der Waals surface area contributed by atoms with Crippen LogP contribution >= 0.6 is 0 Å². The van der Waals surface area contributed by atoms with Crippen LogP contribution in [-0.2, 0) is 4.79 Å². The molecule has 0 radical (unpaired) electrons. The quantitative estimate of drug-likeness (QED) is 0.626. The molecule has 0 saturated heterocycles. The molecule has 0 aliphatic heterocycles. The van der Waals surface area contributed by atoms with E-state index in [9.17, 15) is 14.0 Å². The highest BCUT2D eigenvalue weighted by atomic mass is 19.1. The highest BCUT2D eigenvalue weighted by molar-refractivity contribution is 6.01. The lowest BCUT2D eigenvalue weighted by Crippen LogP contribution is -2.42. The smallest absolute Gasteiger partial charge is 0.326 e. The third-order valence-corrected chi connectivity index (χ3v) is 5.41. The Kier molecular flexibility index (Phi) is 8.27. The predicted octanol–water partition coefficient (Wildman–Crippen LogP) is 4.96. The number of ether oxygens (including phenoxy) is 1. The first kappa shape index (κ1) is 22.6. The van der Waals surface area contributed by atoms with Crippen LogP contribution in [-0.4, -0.2) is 31.6 Å². The van der Waals surface area contributed by atoms with Gasteiger partial charge >= 0.3 is 6.03 Å². The number of carbonyl (C=O) groups is 2. The fourth-order valence-electron chi connectivity index (χ4n) is 3.76. The molecular formula is C24H30FN3O3. The Balaban J connectivity index is 1.63. The van der Waals surface area contributed by atoms with E-state index in [1.54, 1.807) is 36.4 Å². The van der Waals surface area contributed by atoms with Gasteiger partial charge in [-0.15, -0.1) is 0 Å². The van der Waals surface area contributed by atoms with E-state index < -0.39 is 0 Å². The number of hydrogen-bond acceptors (Lipinski definition) is 3. The van der Waals surface area contributed by atoms with Gasteiger partial charge < -0.3 is 15.4 Å². The van der Waals surface area contributed by atoms with Gasteiger partial charge in [-0.05, 0) is 68.3 Å². The van der Waals surface area contributed by atoms with E-state index in [2.05, 4.69) is 10.6 Å². The number of rotatable bonds is 8. The first-order valence-corrected chi connectivity index (χ1v) is 10.9. The molecule has 7 heteroatoms. The van der Waals surface area contributed by atoms with Gasteiger partial charge in [0.25, 0.3) is 0 Å². The van der Waals surface area contributed by atoms with Gasteiger partial charge in [0, 0.05) is 30.4 Å². The summed E-state index contributed by atoms with van der Waals surface area (Å²) >= 11 is 0. The molecule has 3 rings (SSSR count). The molecule has 0 spiro atoms. The number of nitrogens with zero attached hydrogens (tertiary/aromatic N) is 1. The van der Waals surface area contributed by atoms with Crippen LogP contribution in [0, 0.1) is 11.7 Å². The van der Waals surface area contributed by atoms with Crippen molar-refractivity contribution in [2.24, 2.45) is 5.92 Å². The van der Waals surface area contributed by atoms with E-state index >= 15 is 0 Å². The molecule has 166 valence electrons. The number of hydrogen-bond donors (Lipinski definition) is 2. The lowest BCUT2D eigenvalue weighted by atomic mass is 9.89. The number of urea groups is 1. The van der Waals surface area contributed by atoms with Crippen LogP contribution in [0.4, 0.5) is 20.6 Å². The molecule has 6 nitrogen and oxygen atoms in total. The first-order chi connectivity index (χ1) is 15.1. The average Bonchev–Trinajstić information content (AvgIpc) is 2.79. The van der Waals surface area contributed by atoms with E-state index in [1.165, 1.54) is 23.5 Å². The molecule has 3 amide bonds. The van der Waals surface area contributed by atoms with Gasteiger partial charge in [-0.25, -0.2) is 9.18 Å². The van der Waals surface area contributed by atoms with Gasteiger partial charge in [0.15, 0.2) is 0 Å². The minimum absolute atomic E-state index is 0.0469. The number of carbonyl (C=O) groups excluding carboxylic acids is 2. The van der Waals surface area contributed by atoms with Crippen molar-refractivity contribution in [1.82, 2.24) is 5.32 Å². The number of benzene rings is 2. The molecule has 0 unspecified atom stereocenters. The van der Waals surface area contributed by atoms with Crippen LogP contribution in [0.25, 0.3) is 0 Å². The molecule has 2 N–H and O–H groups in total. The van der Waals surface area contributed by atoms with Gasteiger partial charge in [0.1, 0.15) is 11.6 Å².